The molecule has 0 spiro atoms. The number of carbonyl (C=O) groups excluding carboxylic acids is 1. The van der Waals surface area contributed by atoms with Gasteiger partial charge in [0.2, 0.25) is 5.89 Å². The van der Waals surface area contributed by atoms with Crippen LogP contribution in [0.5, 0.6) is 5.75 Å². The Morgan fingerprint density at radius 2 is 1.79 bits per heavy atom. The minimum atomic E-state index is -0.120. The lowest BCUT2D eigenvalue weighted by molar-refractivity contribution is 0.0953. The van der Waals surface area contributed by atoms with E-state index in [0.717, 1.165) is 5.56 Å². The number of hydrogen-bond acceptors (Lipinski definition) is 5. The lowest BCUT2D eigenvalue weighted by atomic mass is 9.87. The maximum absolute atomic E-state index is 12.3. The predicted molar refractivity (Wildman–Crippen MR) is 107 cm³/mol. The molecule has 1 aromatic heterocycles. The number of methoxy groups -OCH3 is 1. The molecule has 1 N–H and O–H groups in total. The van der Waals surface area contributed by atoms with Crippen molar-refractivity contribution in [2.45, 2.75) is 32.6 Å². The van der Waals surface area contributed by atoms with Crippen LogP contribution in [0.1, 0.15) is 42.6 Å². The smallest absolute Gasteiger partial charge is 0.251 e. The van der Waals surface area contributed by atoms with Crippen molar-refractivity contribution in [3.63, 3.8) is 0 Å². The van der Waals surface area contributed by atoms with Crippen molar-refractivity contribution in [1.29, 1.82) is 0 Å². The maximum Gasteiger partial charge on any atom is 0.251 e. The number of rotatable bonds is 6. The van der Waals surface area contributed by atoms with Crippen LogP contribution >= 0.6 is 0 Å². The highest BCUT2D eigenvalue weighted by atomic mass is 16.5. The normalized spacial score (nSPS) is 11.3. The fourth-order valence-corrected chi connectivity index (χ4v) is 2.79. The Bertz CT molecular complexity index is 940. The van der Waals surface area contributed by atoms with E-state index < -0.39 is 0 Å². The van der Waals surface area contributed by atoms with E-state index in [-0.39, 0.29) is 11.3 Å². The summed E-state index contributed by atoms with van der Waals surface area (Å²) in [6.07, 6.45) is 0.452. The summed E-state index contributed by atoms with van der Waals surface area (Å²) in [4.78, 5) is 12.3. The third-order valence-electron chi connectivity index (χ3n) is 4.44. The summed E-state index contributed by atoms with van der Waals surface area (Å²) < 4.78 is 11.0. The first-order valence-corrected chi connectivity index (χ1v) is 9.23. The monoisotopic (exact) mass is 379 g/mol. The van der Waals surface area contributed by atoms with E-state index in [1.807, 2.05) is 48.5 Å². The average Bonchev–Trinajstić information content (AvgIpc) is 3.16. The summed E-state index contributed by atoms with van der Waals surface area (Å²) in [6.45, 7) is 6.84. The predicted octanol–water partition coefficient (Wildman–Crippen LogP) is 4.02. The fraction of sp³-hybridized carbons (Fsp3) is 0.318. The molecule has 0 aliphatic rings. The Balaban J connectivity index is 1.57. The van der Waals surface area contributed by atoms with E-state index in [1.165, 1.54) is 5.56 Å². The van der Waals surface area contributed by atoms with Gasteiger partial charge in [0.25, 0.3) is 11.8 Å². The second-order valence-electron chi connectivity index (χ2n) is 7.53. The van der Waals surface area contributed by atoms with Gasteiger partial charge in [-0.2, -0.15) is 0 Å². The molecule has 0 fully saturated rings. The summed E-state index contributed by atoms with van der Waals surface area (Å²) in [7, 11) is 1.60. The first-order valence-electron chi connectivity index (χ1n) is 9.23. The number of benzene rings is 2. The van der Waals surface area contributed by atoms with Gasteiger partial charge in [0.1, 0.15) is 5.75 Å². The second-order valence-corrected chi connectivity index (χ2v) is 7.53. The quantitative estimate of drug-likeness (QED) is 0.700. The fourth-order valence-electron chi connectivity index (χ4n) is 2.79. The molecule has 3 rings (SSSR count). The Hall–Kier alpha value is -3.15. The number of nitrogens with zero attached hydrogens (tertiary/aromatic N) is 2. The molecular formula is C22H25N3O3. The third-order valence-corrected chi connectivity index (χ3v) is 4.44. The van der Waals surface area contributed by atoms with Crippen LogP contribution < -0.4 is 10.1 Å². The minimum absolute atomic E-state index is 0.0616. The molecule has 0 saturated heterocycles. The zero-order valence-electron chi connectivity index (χ0n) is 16.7. The van der Waals surface area contributed by atoms with Crippen molar-refractivity contribution in [2.75, 3.05) is 13.7 Å². The number of ether oxygens (including phenoxy) is 1. The van der Waals surface area contributed by atoms with Gasteiger partial charge in [0, 0.05) is 18.5 Å². The number of nitrogens with one attached hydrogen (secondary N) is 1. The second kappa shape index (κ2) is 8.25. The summed E-state index contributed by atoms with van der Waals surface area (Å²) >= 11 is 0. The zero-order chi connectivity index (χ0) is 20.1. The molecule has 28 heavy (non-hydrogen) atoms. The highest BCUT2D eigenvalue weighted by Crippen LogP contribution is 2.28. The van der Waals surface area contributed by atoms with Gasteiger partial charge in [-0.25, -0.2) is 0 Å². The van der Waals surface area contributed by atoms with E-state index in [2.05, 4.69) is 36.3 Å². The number of aromatic nitrogens is 2. The molecule has 0 radical (unpaired) electrons. The van der Waals surface area contributed by atoms with Crippen molar-refractivity contribution in [2.24, 2.45) is 0 Å². The summed E-state index contributed by atoms with van der Waals surface area (Å²) in [5.74, 6) is 1.41. The van der Waals surface area contributed by atoms with Crippen molar-refractivity contribution >= 4 is 5.91 Å². The van der Waals surface area contributed by atoms with Crippen LogP contribution in [0.3, 0.4) is 0 Å². The Morgan fingerprint density at radius 1 is 1.07 bits per heavy atom. The Labute approximate surface area is 164 Å². The van der Waals surface area contributed by atoms with Crippen LogP contribution in [0.4, 0.5) is 0 Å². The average molecular weight is 379 g/mol. The lowest BCUT2D eigenvalue weighted by Gasteiger charge is -2.19. The number of para-hydroxylation sites is 1. The highest BCUT2D eigenvalue weighted by Gasteiger charge is 2.15. The summed E-state index contributed by atoms with van der Waals surface area (Å²) in [6, 6.07) is 15.1. The highest BCUT2D eigenvalue weighted by molar-refractivity contribution is 5.94. The standard InChI is InChI=1S/C22H25N3O3/c1-22(2,3)16-11-9-15(10-12-16)20(26)23-14-13-19-24-25-21(28-19)17-7-5-6-8-18(17)27-4/h5-12H,13-14H2,1-4H3,(H,23,26). The third kappa shape index (κ3) is 4.57. The summed E-state index contributed by atoms with van der Waals surface area (Å²) in [5.41, 5.74) is 2.63. The van der Waals surface area contributed by atoms with Crippen LogP contribution in [0, 0.1) is 0 Å². The molecule has 6 nitrogen and oxygen atoms in total. The maximum atomic E-state index is 12.3. The van der Waals surface area contributed by atoms with Crippen LogP contribution in [0.25, 0.3) is 11.5 Å². The van der Waals surface area contributed by atoms with Gasteiger partial charge >= 0.3 is 0 Å². The SMILES string of the molecule is COc1ccccc1-c1nnc(CCNC(=O)c2ccc(C(C)(C)C)cc2)o1. The summed E-state index contributed by atoms with van der Waals surface area (Å²) in [5, 5.41) is 11.0. The molecule has 1 heterocycles. The van der Waals surface area contributed by atoms with E-state index >= 15 is 0 Å². The molecule has 2 aromatic carbocycles. The van der Waals surface area contributed by atoms with Gasteiger partial charge in [0.15, 0.2) is 0 Å². The van der Waals surface area contributed by atoms with Crippen molar-refractivity contribution < 1.29 is 13.9 Å². The van der Waals surface area contributed by atoms with Crippen molar-refractivity contribution in [3.05, 3.63) is 65.5 Å². The van der Waals surface area contributed by atoms with Gasteiger partial charge in [-0.05, 0) is 35.2 Å². The van der Waals surface area contributed by atoms with E-state index in [4.69, 9.17) is 9.15 Å². The first kappa shape index (κ1) is 19.6. The largest absolute Gasteiger partial charge is 0.496 e. The molecule has 146 valence electrons. The lowest BCUT2D eigenvalue weighted by Crippen LogP contribution is -2.25. The number of carbonyl (C=O) groups is 1. The van der Waals surface area contributed by atoms with Crippen LogP contribution in [0.2, 0.25) is 0 Å². The van der Waals surface area contributed by atoms with E-state index in [1.54, 1.807) is 7.11 Å². The van der Waals surface area contributed by atoms with Crippen molar-refractivity contribution in [1.82, 2.24) is 15.5 Å². The number of hydrogen-bond donors (Lipinski definition) is 1. The van der Waals surface area contributed by atoms with Crippen LogP contribution in [-0.4, -0.2) is 29.8 Å². The molecular weight excluding hydrogens is 354 g/mol. The van der Waals surface area contributed by atoms with Crippen molar-refractivity contribution in [3.8, 4) is 17.2 Å². The minimum Gasteiger partial charge on any atom is -0.496 e. The van der Waals surface area contributed by atoms with Gasteiger partial charge < -0.3 is 14.5 Å². The Morgan fingerprint density at radius 3 is 2.46 bits per heavy atom. The first-order chi connectivity index (χ1) is 13.4. The molecule has 0 unspecified atom stereocenters. The molecule has 6 heteroatoms. The molecule has 0 saturated carbocycles. The Kier molecular flexibility index (Phi) is 5.78. The topological polar surface area (TPSA) is 77.3 Å². The van der Waals surface area contributed by atoms with E-state index in [9.17, 15) is 4.79 Å². The molecule has 1 amide bonds. The van der Waals surface area contributed by atoms with E-state index in [0.29, 0.717) is 36.1 Å². The molecule has 0 aliphatic carbocycles. The van der Waals surface area contributed by atoms with Gasteiger partial charge in [-0.3, -0.25) is 4.79 Å². The number of amides is 1. The van der Waals surface area contributed by atoms with Gasteiger partial charge in [-0.15, -0.1) is 10.2 Å². The molecule has 0 atom stereocenters. The van der Waals surface area contributed by atoms with Gasteiger partial charge in [-0.1, -0.05) is 45.0 Å². The zero-order valence-corrected chi connectivity index (χ0v) is 16.7. The molecule has 0 bridgehead atoms. The van der Waals surface area contributed by atoms with Crippen LogP contribution in [0.15, 0.2) is 52.9 Å². The van der Waals surface area contributed by atoms with Gasteiger partial charge in [0.05, 0.1) is 12.7 Å². The molecule has 3 aromatic rings. The molecule has 0 aliphatic heterocycles. The van der Waals surface area contributed by atoms with Crippen LogP contribution in [-0.2, 0) is 11.8 Å².